The molecule has 0 fully saturated rings. The average Bonchev–Trinajstić information content (AvgIpc) is 2.33. The summed E-state index contributed by atoms with van der Waals surface area (Å²) in [6, 6.07) is 5.68. The summed E-state index contributed by atoms with van der Waals surface area (Å²) in [5.74, 6) is 0. The molecule has 0 spiro atoms. The molecule has 0 bridgehead atoms. The maximum Gasteiger partial charge on any atom is 0.194 e. The molecule has 0 radical (unpaired) electrons. The number of nitriles is 1. The standard InChI is InChI=1S/C14H13ClN2O/c1-8-5-6-11(15)12-13(8)17-9(2)10(14(12)18)4-3-7-16/h5-6H,3-4H2,1-2H3,(H,17,18). The molecular formula is C14H13ClN2O. The summed E-state index contributed by atoms with van der Waals surface area (Å²) in [6.07, 6.45) is 0.788. The van der Waals surface area contributed by atoms with E-state index in [1.807, 2.05) is 19.9 Å². The fourth-order valence-corrected chi connectivity index (χ4v) is 2.37. The Morgan fingerprint density at radius 3 is 2.78 bits per heavy atom. The Bertz CT molecular complexity index is 710. The van der Waals surface area contributed by atoms with Gasteiger partial charge in [-0.15, -0.1) is 0 Å². The average molecular weight is 261 g/mol. The summed E-state index contributed by atoms with van der Waals surface area (Å²) in [5, 5.41) is 9.61. The van der Waals surface area contributed by atoms with E-state index in [9.17, 15) is 4.79 Å². The molecule has 0 amide bonds. The van der Waals surface area contributed by atoms with Crippen molar-refractivity contribution in [3.05, 3.63) is 44.2 Å². The number of fused-ring (bicyclic) bond motifs is 1. The summed E-state index contributed by atoms with van der Waals surface area (Å²) in [5.41, 5.74) is 3.17. The van der Waals surface area contributed by atoms with Crippen LogP contribution in [0.5, 0.6) is 0 Å². The zero-order valence-electron chi connectivity index (χ0n) is 10.3. The predicted octanol–water partition coefficient (Wildman–Crippen LogP) is 3.25. The van der Waals surface area contributed by atoms with Crippen molar-refractivity contribution in [3.63, 3.8) is 0 Å². The number of nitrogens with zero attached hydrogens (tertiary/aromatic N) is 1. The van der Waals surface area contributed by atoms with Gasteiger partial charge in [-0.3, -0.25) is 4.79 Å². The monoisotopic (exact) mass is 260 g/mol. The molecule has 1 heterocycles. The number of hydrogen-bond acceptors (Lipinski definition) is 2. The lowest BCUT2D eigenvalue weighted by atomic mass is 10.0. The van der Waals surface area contributed by atoms with Crippen LogP contribution >= 0.6 is 11.6 Å². The number of halogens is 1. The van der Waals surface area contributed by atoms with Crippen molar-refractivity contribution in [3.8, 4) is 6.07 Å². The summed E-state index contributed by atoms with van der Waals surface area (Å²) < 4.78 is 0. The van der Waals surface area contributed by atoms with E-state index in [2.05, 4.69) is 11.1 Å². The van der Waals surface area contributed by atoms with Gasteiger partial charge >= 0.3 is 0 Å². The number of nitrogens with one attached hydrogen (secondary N) is 1. The minimum absolute atomic E-state index is 0.0646. The van der Waals surface area contributed by atoms with Crippen LogP contribution in [-0.4, -0.2) is 4.98 Å². The number of aryl methyl sites for hydroxylation is 2. The molecule has 1 N–H and O–H groups in total. The van der Waals surface area contributed by atoms with Gasteiger partial charge in [0.25, 0.3) is 0 Å². The van der Waals surface area contributed by atoms with E-state index in [-0.39, 0.29) is 5.43 Å². The molecule has 0 unspecified atom stereocenters. The summed E-state index contributed by atoms with van der Waals surface area (Å²) >= 11 is 6.11. The normalized spacial score (nSPS) is 10.6. The third kappa shape index (κ3) is 2.00. The SMILES string of the molecule is Cc1[nH]c2c(C)ccc(Cl)c2c(=O)c1CCC#N. The van der Waals surface area contributed by atoms with E-state index in [0.717, 1.165) is 16.8 Å². The van der Waals surface area contributed by atoms with Gasteiger partial charge in [0.05, 0.1) is 22.0 Å². The highest BCUT2D eigenvalue weighted by Gasteiger charge is 2.12. The van der Waals surface area contributed by atoms with Crippen molar-refractivity contribution in [2.75, 3.05) is 0 Å². The number of aromatic nitrogens is 1. The van der Waals surface area contributed by atoms with Gasteiger partial charge in [0.1, 0.15) is 0 Å². The first kappa shape index (κ1) is 12.7. The molecule has 1 aromatic carbocycles. The van der Waals surface area contributed by atoms with Crippen LogP contribution < -0.4 is 5.43 Å². The van der Waals surface area contributed by atoms with Crippen LogP contribution in [0.1, 0.15) is 23.2 Å². The van der Waals surface area contributed by atoms with E-state index in [4.69, 9.17) is 16.9 Å². The number of aromatic amines is 1. The maximum absolute atomic E-state index is 12.4. The van der Waals surface area contributed by atoms with Crippen molar-refractivity contribution in [1.29, 1.82) is 5.26 Å². The van der Waals surface area contributed by atoms with Crippen molar-refractivity contribution >= 4 is 22.5 Å². The van der Waals surface area contributed by atoms with Gasteiger partial charge in [0.2, 0.25) is 0 Å². The largest absolute Gasteiger partial charge is 0.358 e. The molecule has 2 rings (SSSR count). The lowest BCUT2D eigenvalue weighted by Gasteiger charge is -2.09. The van der Waals surface area contributed by atoms with Crippen LogP contribution in [0.2, 0.25) is 5.02 Å². The van der Waals surface area contributed by atoms with Gasteiger partial charge in [-0.05, 0) is 31.9 Å². The number of pyridine rings is 1. The first-order valence-electron chi connectivity index (χ1n) is 5.73. The molecule has 3 nitrogen and oxygen atoms in total. The Labute approximate surface area is 110 Å². The van der Waals surface area contributed by atoms with Crippen LogP contribution in [0.15, 0.2) is 16.9 Å². The van der Waals surface area contributed by atoms with Gasteiger partial charge in [-0.25, -0.2) is 0 Å². The van der Waals surface area contributed by atoms with E-state index in [0.29, 0.717) is 28.8 Å². The molecule has 0 saturated heterocycles. The van der Waals surface area contributed by atoms with Crippen molar-refractivity contribution in [2.24, 2.45) is 0 Å². The van der Waals surface area contributed by atoms with Crippen molar-refractivity contribution < 1.29 is 0 Å². The van der Waals surface area contributed by atoms with Crippen LogP contribution in [0, 0.1) is 25.2 Å². The Morgan fingerprint density at radius 1 is 1.39 bits per heavy atom. The van der Waals surface area contributed by atoms with Gasteiger partial charge < -0.3 is 4.98 Å². The Kier molecular flexibility index (Phi) is 3.40. The minimum Gasteiger partial charge on any atom is -0.358 e. The van der Waals surface area contributed by atoms with E-state index in [1.54, 1.807) is 6.07 Å². The number of hydrogen-bond donors (Lipinski definition) is 1. The topological polar surface area (TPSA) is 56.6 Å². The number of benzene rings is 1. The fourth-order valence-electron chi connectivity index (χ4n) is 2.13. The second-order valence-electron chi connectivity index (χ2n) is 4.33. The molecule has 0 aliphatic heterocycles. The Morgan fingerprint density at radius 2 is 2.11 bits per heavy atom. The van der Waals surface area contributed by atoms with E-state index in [1.165, 1.54) is 0 Å². The van der Waals surface area contributed by atoms with Gasteiger partial charge in [-0.1, -0.05) is 17.7 Å². The summed E-state index contributed by atoms with van der Waals surface area (Å²) in [4.78, 5) is 15.6. The minimum atomic E-state index is -0.0646. The maximum atomic E-state index is 12.4. The highest BCUT2D eigenvalue weighted by molar-refractivity contribution is 6.35. The molecule has 18 heavy (non-hydrogen) atoms. The fraction of sp³-hybridized carbons (Fsp3) is 0.286. The second kappa shape index (κ2) is 4.83. The van der Waals surface area contributed by atoms with Gasteiger partial charge in [0.15, 0.2) is 5.43 Å². The number of H-pyrrole nitrogens is 1. The lowest BCUT2D eigenvalue weighted by Crippen LogP contribution is -2.14. The Hall–Kier alpha value is -1.79. The molecule has 0 aliphatic rings. The molecule has 2 aromatic rings. The zero-order valence-corrected chi connectivity index (χ0v) is 11.1. The third-order valence-corrected chi connectivity index (χ3v) is 3.43. The van der Waals surface area contributed by atoms with Gasteiger partial charge in [-0.2, -0.15) is 5.26 Å². The van der Waals surface area contributed by atoms with Crippen LogP contribution in [0.25, 0.3) is 10.9 Å². The molecule has 1 aromatic heterocycles. The second-order valence-corrected chi connectivity index (χ2v) is 4.74. The third-order valence-electron chi connectivity index (χ3n) is 3.12. The van der Waals surface area contributed by atoms with Crippen LogP contribution in [0.3, 0.4) is 0 Å². The highest BCUT2D eigenvalue weighted by Crippen LogP contribution is 2.23. The van der Waals surface area contributed by atoms with E-state index >= 15 is 0 Å². The smallest absolute Gasteiger partial charge is 0.194 e. The molecule has 0 saturated carbocycles. The summed E-state index contributed by atoms with van der Waals surface area (Å²) in [6.45, 7) is 3.79. The van der Waals surface area contributed by atoms with Crippen molar-refractivity contribution in [2.45, 2.75) is 26.7 Å². The molecular weight excluding hydrogens is 248 g/mol. The highest BCUT2D eigenvalue weighted by atomic mass is 35.5. The van der Waals surface area contributed by atoms with Crippen molar-refractivity contribution in [1.82, 2.24) is 4.98 Å². The quantitative estimate of drug-likeness (QED) is 0.901. The first-order chi connectivity index (χ1) is 8.56. The van der Waals surface area contributed by atoms with Crippen LogP contribution in [-0.2, 0) is 6.42 Å². The van der Waals surface area contributed by atoms with E-state index < -0.39 is 0 Å². The molecule has 0 aliphatic carbocycles. The molecule has 92 valence electrons. The Balaban J connectivity index is 2.82. The summed E-state index contributed by atoms with van der Waals surface area (Å²) in [7, 11) is 0. The first-order valence-corrected chi connectivity index (χ1v) is 6.11. The zero-order chi connectivity index (χ0) is 13.3. The molecule has 0 atom stereocenters. The van der Waals surface area contributed by atoms with Gasteiger partial charge in [0, 0.05) is 17.7 Å². The van der Waals surface area contributed by atoms with Crippen LogP contribution in [0.4, 0.5) is 0 Å². The lowest BCUT2D eigenvalue weighted by molar-refractivity contribution is 0.967. The number of rotatable bonds is 2. The molecule has 4 heteroatoms. The predicted molar refractivity (Wildman–Crippen MR) is 73.0 cm³/mol.